The zero-order valence-corrected chi connectivity index (χ0v) is 18.8. The number of carbonyl (C=O) groups excluding carboxylic acids is 1. The van der Waals surface area contributed by atoms with Gasteiger partial charge >= 0.3 is 0 Å². The highest BCUT2D eigenvalue weighted by Crippen LogP contribution is 2.32. The summed E-state index contributed by atoms with van der Waals surface area (Å²) in [5, 5.41) is 8.48. The number of carbonyl (C=O) groups is 1. The molecule has 0 spiro atoms. The van der Waals surface area contributed by atoms with Gasteiger partial charge in [-0.1, -0.05) is 6.07 Å². The Hall–Kier alpha value is -3.00. The summed E-state index contributed by atoms with van der Waals surface area (Å²) in [7, 11) is 0. The molecular formula is C24H29FN4O3. The summed E-state index contributed by atoms with van der Waals surface area (Å²) in [6.07, 6.45) is 2.99. The molecule has 1 N–H and O–H groups in total. The van der Waals surface area contributed by atoms with E-state index >= 15 is 0 Å². The number of pyridine rings is 1. The van der Waals surface area contributed by atoms with Crippen molar-refractivity contribution in [3.05, 3.63) is 46.9 Å². The average molecular weight is 441 g/mol. The fourth-order valence-corrected chi connectivity index (χ4v) is 4.23. The molecule has 1 aliphatic rings. The lowest BCUT2D eigenvalue weighted by molar-refractivity contribution is -0.121. The standard InChI is InChI=1S/C24H29FN4O3/c1-4-31-24-20(10-11-21(30)26-14-19-9-6-12-32-19)15(2)22-16(3)28-29(23(22)27-24)18-8-5-7-17(25)13-18/h5,7-8,13,19H,4,6,9-12,14H2,1-3H3,(H,26,30)/t19-/m1/s1. The second-order valence-electron chi connectivity index (χ2n) is 8.07. The van der Waals surface area contributed by atoms with E-state index in [1.807, 2.05) is 20.8 Å². The minimum Gasteiger partial charge on any atom is -0.478 e. The third-order valence-corrected chi connectivity index (χ3v) is 5.82. The molecule has 0 unspecified atom stereocenters. The maximum Gasteiger partial charge on any atom is 0.220 e. The van der Waals surface area contributed by atoms with Gasteiger partial charge in [0.05, 0.1) is 24.1 Å². The van der Waals surface area contributed by atoms with Crippen LogP contribution in [0.4, 0.5) is 4.39 Å². The van der Waals surface area contributed by atoms with Crippen molar-refractivity contribution in [2.45, 2.75) is 52.6 Å². The van der Waals surface area contributed by atoms with Crippen molar-refractivity contribution in [1.29, 1.82) is 0 Å². The molecule has 170 valence electrons. The predicted molar refractivity (Wildman–Crippen MR) is 120 cm³/mol. The highest BCUT2D eigenvalue weighted by atomic mass is 19.1. The molecule has 7 nitrogen and oxygen atoms in total. The van der Waals surface area contributed by atoms with E-state index < -0.39 is 0 Å². The zero-order chi connectivity index (χ0) is 22.7. The van der Waals surface area contributed by atoms with E-state index in [2.05, 4.69) is 10.4 Å². The first-order valence-corrected chi connectivity index (χ1v) is 11.1. The van der Waals surface area contributed by atoms with Gasteiger partial charge in [0.1, 0.15) is 5.82 Å². The molecule has 1 aliphatic heterocycles. The first-order valence-electron chi connectivity index (χ1n) is 11.1. The molecule has 1 atom stereocenters. The average Bonchev–Trinajstić information content (AvgIpc) is 3.40. The lowest BCUT2D eigenvalue weighted by Gasteiger charge is -2.15. The third kappa shape index (κ3) is 4.60. The molecule has 2 aromatic heterocycles. The fraction of sp³-hybridized carbons (Fsp3) is 0.458. The van der Waals surface area contributed by atoms with Gasteiger partial charge < -0.3 is 14.8 Å². The molecule has 1 aromatic carbocycles. The van der Waals surface area contributed by atoms with Crippen LogP contribution in [0.2, 0.25) is 0 Å². The molecule has 0 bridgehead atoms. The predicted octanol–water partition coefficient (Wildman–Crippen LogP) is 3.80. The minimum absolute atomic E-state index is 0.0189. The van der Waals surface area contributed by atoms with Gasteiger partial charge in [-0.25, -0.2) is 9.07 Å². The fourth-order valence-electron chi connectivity index (χ4n) is 4.23. The Kier molecular flexibility index (Phi) is 6.69. The lowest BCUT2D eigenvalue weighted by Crippen LogP contribution is -2.31. The van der Waals surface area contributed by atoms with Crippen molar-refractivity contribution < 1.29 is 18.7 Å². The molecule has 8 heteroatoms. The number of amides is 1. The van der Waals surface area contributed by atoms with Crippen molar-refractivity contribution in [2.24, 2.45) is 0 Å². The summed E-state index contributed by atoms with van der Waals surface area (Å²) in [4.78, 5) is 17.2. The number of benzene rings is 1. The van der Waals surface area contributed by atoms with Crippen LogP contribution in [0, 0.1) is 19.7 Å². The maximum atomic E-state index is 13.8. The first-order chi connectivity index (χ1) is 15.5. The monoisotopic (exact) mass is 440 g/mol. The Morgan fingerprint density at radius 3 is 2.94 bits per heavy atom. The number of nitrogens with zero attached hydrogens (tertiary/aromatic N) is 3. The number of nitrogens with one attached hydrogen (secondary N) is 1. The SMILES string of the molecule is CCOc1nc2c(c(C)nn2-c2cccc(F)c2)c(C)c1CCC(=O)NC[C@H]1CCCO1. The molecule has 3 aromatic rings. The normalized spacial score (nSPS) is 15.9. The van der Waals surface area contributed by atoms with Gasteiger partial charge in [0.25, 0.3) is 0 Å². The molecule has 0 saturated carbocycles. The number of ether oxygens (including phenoxy) is 2. The molecule has 1 amide bonds. The van der Waals surface area contributed by atoms with Crippen molar-refractivity contribution in [2.75, 3.05) is 19.8 Å². The second-order valence-corrected chi connectivity index (χ2v) is 8.07. The largest absolute Gasteiger partial charge is 0.478 e. The van der Waals surface area contributed by atoms with Gasteiger partial charge in [-0.05, 0) is 63.8 Å². The van der Waals surface area contributed by atoms with Crippen LogP contribution in [-0.2, 0) is 16.0 Å². The van der Waals surface area contributed by atoms with E-state index in [1.165, 1.54) is 12.1 Å². The molecule has 1 fully saturated rings. The number of aryl methyl sites for hydroxylation is 2. The molecule has 3 heterocycles. The van der Waals surface area contributed by atoms with Gasteiger partial charge in [-0.15, -0.1) is 0 Å². The Morgan fingerprint density at radius 1 is 1.38 bits per heavy atom. The molecular weight excluding hydrogens is 411 g/mol. The summed E-state index contributed by atoms with van der Waals surface area (Å²) < 4.78 is 26.9. The highest BCUT2D eigenvalue weighted by Gasteiger charge is 2.21. The number of hydrogen-bond donors (Lipinski definition) is 1. The van der Waals surface area contributed by atoms with Gasteiger partial charge in [0.2, 0.25) is 11.8 Å². The van der Waals surface area contributed by atoms with E-state index in [-0.39, 0.29) is 17.8 Å². The Bertz CT molecular complexity index is 1120. The third-order valence-electron chi connectivity index (χ3n) is 5.82. The Morgan fingerprint density at radius 2 is 2.22 bits per heavy atom. The maximum absolute atomic E-state index is 13.8. The van der Waals surface area contributed by atoms with Gasteiger partial charge in [-0.2, -0.15) is 10.1 Å². The summed E-state index contributed by atoms with van der Waals surface area (Å²) >= 11 is 0. The topological polar surface area (TPSA) is 78.3 Å². The van der Waals surface area contributed by atoms with Crippen molar-refractivity contribution in [1.82, 2.24) is 20.1 Å². The van der Waals surface area contributed by atoms with E-state index in [1.54, 1.807) is 16.8 Å². The second kappa shape index (κ2) is 9.65. The molecule has 0 radical (unpaired) electrons. The van der Waals surface area contributed by atoms with Crippen LogP contribution in [0.1, 0.15) is 43.0 Å². The van der Waals surface area contributed by atoms with Crippen LogP contribution in [-0.4, -0.2) is 46.5 Å². The summed E-state index contributed by atoms with van der Waals surface area (Å²) in [6.45, 7) is 7.57. The van der Waals surface area contributed by atoms with Crippen molar-refractivity contribution in [3.63, 3.8) is 0 Å². The number of halogens is 1. The quantitative estimate of drug-likeness (QED) is 0.576. The molecule has 32 heavy (non-hydrogen) atoms. The summed E-state index contributed by atoms with van der Waals surface area (Å²) in [5.74, 6) is 0.132. The number of fused-ring (bicyclic) bond motifs is 1. The summed E-state index contributed by atoms with van der Waals surface area (Å²) in [6, 6.07) is 6.26. The molecule has 4 rings (SSSR count). The number of hydrogen-bond acceptors (Lipinski definition) is 5. The van der Waals surface area contributed by atoms with Crippen LogP contribution >= 0.6 is 0 Å². The van der Waals surface area contributed by atoms with E-state index in [0.717, 1.165) is 41.7 Å². The van der Waals surface area contributed by atoms with Crippen LogP contribution in [0.25, 0.3) is 16.7 Å². The van der Waals surface area contributed by atoms with Gasteiger partial charge in [-0.3, -0.25) is 4.79 Å². The van der Waals surface area contributed by atoms with Gasteiger partial charge in [0, 0.05) is 30.5 Å². The van der Waals surface area contributed by atoms with Crippen LogP contribution in [0.5, 0.6) is 5.88 Å². The van der Waals surface area contributed by atoms with E-state index in [0.29, 0.717) is 43.2 Å². The first kappa shape index (κ1) is 22.2. The van der Waals surface area contributed by atoms with Crippen LogP contribution < -0.4 is 10.1 Å². The van der Waals surface area contributed by atoms with Crippen molar-refractivity contribution >= 4 is 16.9 Å². The minimum atomic E-state index is -0.337. The van der Waals surface area contributed by atoms with Gasteiger partial charge in [0.15, 0.2) is 5.65 Å². The lowest BCUT2D eigenvalue weighted by atomic mass is 10.0. The Labute approximate surface area is 186 Å². The zero-order valence-electron chi connectivity index (χ0n) is 18.8. The number of aromatic nitrogens is 3. The van der Waals surface area contributed by atoms with Crippen molar-refractivity contribution in [3.8, 4) is 11.6 Å². The van der Waals surface area contributed by atoms with E-state index in [9.17, 15) is 9.18 Å². The Balaban J connectivity index is 1.62. The van der Waals surface area contributed by atoms with Crippen LogP contribution in [0.15, 0.2) is 24.3 Å². The van der Waals surface area contributed by atoms with E-state index in [4.69, 9.17) is 14.5 Å². The number of rotatable bonds is 8. The van der Waals surface area contributed by atoms with Crippen LogP contribution in [0.3, 0.4) is 0 Å². The molecule has 0 aliphatic carbocycles. The molecule has 1 saturated heterocycles. The smallest absolute Gasteiger partial charge is 0.220 e. The summed E-state index contributed by atoms with van der Waals surface area (Å²) in [5.41, 5.74) is 3.87. The highest BCUT2D eigenvalue weighted by molar-refractivity contribution is 5.86.